The second-order valence-electron chi connectivity index (χ2n) is 7.23. The number of hydrogen-bond acceptors (Lipinski definition) is 4. The number of hydrogen-bond donors (Lipinski definition) is 2. The van der Waals surface area contributed by atoms with Gasteiger partial charge in [-0.2, -0.15) is 0 Å². The zero-order chi connectivity index (χ0) is 18.8. The number of aryl methyl sites for hydroxylation is 1. The van der Waals surface area contributed by atoms with E-state index in [1.807, 2.05) is 35.2 Å². The Bertz CT molecular complexity index is 855. The highest BCUT2D eigenvalue weighted by Crippen LogP contribution is 2.24. The summed E-state index contributed by atoms with van der Waals surface area (Å²) in [5, 5.41) is 2.86. The van der Waals surface area contributed by atoms with Gasteiger partial charge in [0.2, 0.25) is 5.91 Å². The highest BCUT2D eigenvalue weighted by Gasteiger charge is 2.23. The smallest absolute Gasteiger partial charge is 0.253 e. The third kappa shape index (κ3) is 3.95. The first-order valence-corrected chi connectivity index (χ1v) is 9.37. The van der Waals surface area contributed by atoms with Crippen LogP contribution in [0.25, 0.3) is 0 Å². The van der Waals surface area contributed by atoms with Crippen molar-refractivity contribution >= 4 is 23.2 Å². The molecule has 0 bridgehead atoms. The molecule has 140 valence electrons. The maximum atomic E-state index is 12.9. The summed E-state index contributed by atoms with van der Waals surface area (Å²) < 4.78 is 0. The summed E-state index contributed by atoms with van der Waals surface area (Å²) in [7, 11) is 0. The molecule has 0 radical (unpaired) electrons. The van der Waals surface area contributed by atoms with Crippen LogP contribution in [-0.2, 0) is 17.8 Å². The van der Waals surface area contributed by atoms with Crippen molar-refractivity contribution in [1.29, 1.82) is 0 Å². The molecular formula is C21H24N4O2. The number of nitrogen functional groups attached to an aromatic ring is 1. The van der Waals surface area contributed by atoms with Crippen molar-refractivity contribution in [2.75, 3.05) is 37.2 Å². The van der Waals surface area contributed by atoms with E-state index in [0.717, 1.165) is 49.7 Å². The van der Waals surface area contributed by atoms with Gasteiger partial charge in [0, 0.05) is 56.1 Å². The van der Waals surface area contributed by atoms with Crippen LogP contribution in [0.2, 0.25) is 0 Å². The molecule has 2 aromatic rings. The van der Waals surface area contributed by atoms with Crippen LogP contribution in [0.1, 0.15) is 27.9 Å². The van der Waals surface area contributed by atoms with E-state index >= 15 is 0 Å². The largest absolute Gasteiger partial charge is 0.399 e. The zero-order valence-corrected chi connectivity index (χ0v) is 15.3. The highest BCUT2D eigenvalue weighted by molar-refractivity contribution is 5.98. The molecule has 2 aliphatic rings. The zero-order valence-electron chi connectivity index (χ0n) is 15.3. The first kappa shape index (κ1) is 17.5. The van der Waals surface area contributed by atoms with Gasteiger partial charge in [-0.05, 0) is 47.9 Å². The molecule has 0 unspecified atom stereocenters. The van der Waals surface area contributed by atoms with Gasteiger partial charge in [0.15, 0.2) is 0 Å². The molecule has 0 aromatic heterocycles. The Kier molecular flexibility index (Phi) is 4.81. The summed E-state index contributed by atoms with van der Waals surface area (Å²) in [6.07, 6.45) is 1.17. The number of piperazine rings is 1. The molecule has 6 heteroatoms. The van der Waals surface area contributed by atoms with Crippen molar-refractivity contribution in [3.8, 4) is 0 Å². The van der Waals surface area contributed by atoms with E-state index in [4.69, 9.17) is 5.73 Å². The standard InChI is InChI=1S/C21H24N4O2/c22-18-5-1-15(2-6-18)14-24-9-11-25(12-10-24)21(27)17-3-7-19-16(13-17)4-8-20(26)23-19/h1-3,5-7,13H,4,8-12,14,22H2,(H,23,26). The van der Waals surface area contributed by atoms with Gasteiger partial charge in [-0.15, -0.1) is 0 Å². The summed E-state index contributed by atoms with van der Waals surface area (Å²) >= 11 is 0. The summed E-state index contributed by atoms with van der Waals surface area (Å²) in [6.45, 7) is 4.04. The van der Waals surface area contributed by atoms with E-state index < -0.39 is 0 Å². The van der Waals surface area contributed by atoms with E-state index in [9.17, 15) is 9.59 Å². The van der Waals surface area contributed by atoms with Gasteiger partial charge in [-0.25, -0.2) is 0 Å². The fourth-order valence-corrected chi connectivity index (χ4v) is 3.69. The summed E-state index contributed by atoms with van der Waals surface area (Å²) in [4.78, 5) is 28.6. The van der Waals surface area contributed by atoms with Gasteiger partial charge in [-0.1, -0.05) is 12.1 Å². The van der Waals surface area contributed by atoms with Crippen molar-refractivity contribution in [3.63, 3.8) is 0 Å². The van der Waals surface area contributed by atoms with Crippen molar-refractivity contribution in [2.45, 2.75) is 19.4 Å². The van der Waals surface area contributed by atoms with E-state index in [1.54, 1.807) is 0 Å². The van der Waals surface area contributed by atoms with Crippen LogP contribution in [0.4, 0.5) is 11.4 Å². The van der Waals surface area contributed by atoms with Crippen LogP contribution in [0.15, 0.2) is 42.5 Å². The number of nitrogens with zero attached hydrogens (tertiary/aromatic N) is 2. The predicted octanol–water partition coefficient (Wildman–Crippen LogP) is 2.11. The number of fused-ring (bicyclic) bond motifs is 1. The SMILES string of the molecule is Nc1ccc(CN2CCN(C(=O)c3ccc4c(c3)CCC(=O)N4)CC2)cc1. The molecule has 0 atom stereocenters. The lowest BCUT2D eigenvalue weighted by Gasteiger charge is -2.35. The Labute approximate surface area is 158 Å². The number of anilines is 2. The number of nitrogens with one attached hydrogen (secondary N) is 1. The lowest BCUT2D eigenvalue weighted by Crippen LogP contribution is -2.48. The summed E-state index contributed by atoms with van der Waals surface area (Å²) in [6, 6.07) is 13.5. The molecule has 0 aliphatic carbocycles. The number of carbonyl (C=O) groups excluding carboxylic acids is 2. The quantitative estimate of drug-likeness (QED) is 0.818. The Morgan fingerprint density at radius 3 is 2.48 bits per heavy atom. The van der Waals surface area contributed by atoms with Gasteiger partial charge in [0.25, 0.3) is 5.91 Å². The molecule has 2 amide bonds. The van der Waals surface area contributed by atoms with Gasteiger partial charge in [0.1, 0.15) is 0 Å². The predicted molar refractivity (Wildman–Crippen MR) is 105 cm³/mol. The van der Waals surface area contributed by atoms with Crippen molar-refractivity contribution in [1.82, 2.24) is 9.80 Å². The first-order valence-electron chi connectivity index (χ1n) is 9.37. The minimum Gasteiger partial charge on any atom is -0.399 e. The van der Waals surface area contributed by atoms with E-state index in [1.165, 1.54) is 5.56 Å². The molecule has 27 heavy (non-hydrogen) atoms. The summed E-state index contributed by atoms with van der Waals surface area (Å²) in [5.74, 6) is 0.112. The molecule has 0 spiro atoms. The van der Waals surface area contributed by atoms with Gasteiger partial charge >= 0.3 is 0 Å². The van der Waals surface area contributed by atoms with Crippen LogP contribution in [0.3, 0.4) is 0 Å². The third-order valence-corrected chi connectivity index (χ3v) is 5.29. The molecule has 2 aromatic carbocycles. The maximum absolute atomic E-state index is 12.9. The van der Waals surface area contributed by atoms with E-state index in [2.05, 4.69) is 22.3 Å². The average Bonchev–Trinajstić information content (AvgIpc) is 2.69. The van der Waals surface area contributed by atoms with Gasteiger partial charge in [-0.3, -0.25) is 14.5 Å². The topological polar surface area (TPSA) is 78.7 Å². The molecule has 0 saturated carbocycles. The van der Waals surface area contributed by atoms with Crippen molar-refractivity contribution in [2.24, 2.45) is 0 Å². The average molecular weight is 364 g/mol. The molecule has 1 saturated heterocycles. The fourth-order valence-electron chi connectivity index (χ4n) is 3.69. The fraction of sp³-hybridized carbons (Fsp3) is 0.333. The second kappa shape index (κ2) is 7.40. The van der Waals surface area contributed by atoms with Crippen molar-refractivity contribution < 1.29 is 9.59 Å². The number of benzene rings is 2. The Morgan fingerprint density at radius 1 is 1.00 bits per heavy atom. The molecule has 3 N–H and O–H groups in total. The molecule has 1 fully saturated rings. The molecular weight excluding hydrogens is 340 g/mol. The minimum atomic E-state index is 0.0406. The molecule has 4 rings (SSSR count). The van der Waals surface area contributed by atoms with Gasteiger partial charge in [0.05, 0.1) is 0 Å². The van der Waals surface area contributed by atoms with E-state index in [-0.39, 0.29) is 11.8 Å². The van der Waals surface area contributed by atoms with Crippen LogP contribution in [-0.4, -0.2) is 47.8 Å². The lowest BCUT2D eigenvalue weighted by atomic mass is 10.00. The molecule has 2 heterocycles. The number of rotatable bonds is 3. The minimum absolute atomic E-state index is 0.0406. The van der Waals surface area contributed by atoms with Crippen LogP contribution in [0.5, 0.6) is 0 Å². The maximum Gasteiger partial charge on any atom is 0.253 e. The molecule has 2 aliphatic heterocycles. The van der Waals surface area contributed by atoms with E-state index in [0.29, 0.717) is 18.4 Å². The third-order valence-electron chi connectivity index (χ3n) is 5.29. The number of nitrogens with two attached hydrogens (primary N) is 1. The van der Waals surface area contributed by atoms with Crippen LogP contribution < -0.4 is 11.1 Å². The molecule has 6 nitrogen and oxygen atoms in total. The van der Waals surface area contributed by atoms with Crippen molar-refractivity contribution in [3.05, 3.63) is 59.2 Å². The Hall–Kier alpha value is -2.86. The first-order chi connectivity index (χ1) is 13.1. The Balaban J connectivity index is 1.36. The second-order valence-corrected chi connectivity index (χ2v) is 7.23. The van der Waals surface area contributed by atoms with Gasteiger partial charge < -0.3 is 16.0 Å². The highest BCUT2D eigenvalue weighted by atomic mass is 16.2. The van der Waals surface area contributed by atoms with Crippen LogP contribution >= 0.6 is 0 Å². The lowest BCUT2D eigenvalue weighted by molar-refractivity contribution is -0.116. The monoisotopic (exact) mass is 364 g/mol. The normalized spacial score (nSPS) is 17.3. The summed E-state index contributed by atoms with van der Waals surface area (Å²) in [5.41, 5.74) is 10.3. The van der Waals surface area contributed by atoms with Crippen LogP contribution in [0, 0.1) is 0 Å². The number of amides is 2. The Morgan fingerprint density at radius 2 is 1.74 bits per heavy atom. The number of carbonyl (C=O) groups is 2.